The first-order valence-electron chi connectivity index (χ1n) is 4.47. The summed E-state index contributed by atoms with van der Waals surface area (Å²) in [5.41, 5.74) is 5.80. The molecule has 2 N–H and O–H groups in total. The molecule has 0 rings (SSSR count). The molecule has 0 aromatic carbocycles. The number of rotatable bonds is 3. The van der Waals surface area contributed by atoms with Crippen LogP contribution in [0.15, 0.2) is 0 Å². The van der Waals surface area contributed by atoms with Crippen molar-refractivity contribution >= 4 is 0 Å². The minimum absolute atomic E-state index is 0.217. The fourth-order valence-electron chi connectivity index (χ4n) is 1.04. The van der Waals surface area contributed by atoms with Crippen LogP contribution >= 0.6 is 0 Å². The van der Waals surface area contributed by atoms with E-state index in [1.807, 2.05) is 0 Å². The normalized spacial score (nSPS) is 14.9. The van der Waals surface area contributed by atoms with Gasteiger partial charge in [-0.15, -0.1) is 5.92 Å². The Kier molecular flexibility index (Phi) is 4.98. The summed E-state index contributed by atoms with van der Waals surface area (Å²) in [6.07, 6.45) is 3.98. The predicted molar refractivity (Wildman–Crippen MR) is 50.2 cm³/mol. The monoisotopic (exact) mass is 153 g/mol. The quantitative estimate of drug-likeness (QED) is 0.619. The predicted octanol–water partition coefficient (Wildman–Crippen LogP) is 2.31. The van der Waals surface area contributed by atoms with Crippen LogP contribution in [-0.2, 0) is 0 Å². The first kappa shape index (κ1) is 10.5. The van der Waals surface area contributed by atoms with E-state index in [1.54, 1.807) is 0 Å². The van der Waals surface area contributed by atoms with Gasteiger partial charge in [0.2, 0.25) is 0 Å². The smallest absolute Gasteiger partial charge is 0.0773 e. The van der Waals surface area contributed by atoms with Crippen LogP contribution in [0.3, 0.4) is 0 Å². The second-order valence-corrected chi connectivity index (χ2v) is 2.92. The van der Waals surface area contributed by atoms with E-state index in [0.717, 1.165) is 25.7 Å². The lowest BCUT2D eigenvalue weighted by Gasteiger charge is -2.20. The topological polar surface area (TPSA) is 26.0 Å². The molecule has 0 saturated carbocycles. The molecule has 11 heavy (non-hydrogen) atoms. The molecule has 0 amide bonds. The van der Waals surface area contributed by atoms with Crippen molar-refractivity contribution in [2.45, 2.75) is 52.0 Å². The van der Waals surface area contributed by atoms with Crippen molar-refractivity contribution in [3.63, 3.8) is 0 Å². The van der Waals surface area contributed by atoms with E-state index in [9.17, 15) is 0 Å². The lowest BCUT2D eigenvalue weighted by molar-refractivity contribution is 0.482. The zero-order valence-corrected chi connectivity index (χ0v) is 7.91. The van der Waals surface area contributed by atoms with Gasteiger partial charge in [0.1, 0.15) is 0 Å². The van der Waals surface area contributed by atoms with Crippen LogP contribution in [0.2, 0.25) is 0 Å². The van der Waals surface area contributed by atoms with Gasteiger partial charge in [0.05, 0.1) is 5.54 Å². The first-order valence-corrected chi connectivity index (χ1v) is 4.47. The second kappa shape index (κ2) is 5.21. The maximum Gasteiger partial charge on any atom is 0.0773 e. The van der Waals surface area contributed by atoms with Crippen molar-refractivity contribution in [3.05, 3.63) is 0 Å². The van der Waals surface area contributed by atoms with Gasteiger partial charge in [-0.05, 0) is 12.8 Å². The third-order valence-electron chi connectivity index (χ3n) is 1.84. The number of hydrogen-bond donors (Lipinski definition) is 1. The summed E-state index contributed by atoms with van der Waals surface area (Å²) in [4.78, 5) is 0. The average molecular weight is 153 g/mol. The molecular formula is C10H19N. The van der Waals surface area contributed by atoms with Gasteiger partial charge in [0, 0.05) is 6.42 Å². The highest BCUT2D eigenvalue weighted by Gasteiger charge is 2.17. The third kappa shape index (κ3) is 4.06. The van der Waals surface area contributed by atoms with E-state index in [0.29, 0.717) is 0 Å². The summed E-state index contributed by atoms with van der Waals surface area (Å²) in [5.74, 6) is 6.17. The average Bonchev–Trinajstić information content (AvgIpc) is 2.02. The molecule has 0 fully saturated rings. The third-order valence-corrected chi connectivity index (χ3v) is 1.84. The zero-order chi connectivity index (χ0) is 8.74. The fraction of sp³-hybridized carbons (Fsp3) is 0.800. The van der Waals surface area contributed by atoms with Gasteiger partial charge < -0.3 is 5.73 Å². The Bertz CT molecular complexity index is 152. The standard InChI is InChI=1S/C10H19N/c1-4-7-9-10(11,6-3)8-5-2/h4-6,8,11H2,1-3H3. The molecule has 0 spiro atoms. The van der Waals surface area contributed by atoms with Crippen molar-refractivity contribution in [2.75, 3.05) is 0 Å². The lowest BCUT2D eigenvalue weighted by Crippen LogP contribution is -2.37. The molecule has 1 unspecified atom stereocenters. The Morgan fingerprint density at radius 1 is 1.27 bits per heavy atom. The van der Waals surface area contributed by atoms with Crippen LogP contribution in [0.5, 0.6) is 0 Å². The molecule has 64 valence electrons. The summed E-state index contributed by atoms with van der Waals surface area (Å²) in [7, 11) is 0. The highest BCUT2D eigenvalue weighted by atomic mass is 14.7. The fourth-order valence-corrected chi connectivity index (χ4v) is 1.04. The molecule has 0 aliphatic heterocycles. The van der Waals surface area contributed by atoms with Crippen LogP contribution in [0.4, 0.5) is 0 Å². The summed E-state index contributed by atoms with van der Waals surface area (Å²) < 4.78 is 0. The van der Waals surface area contributed by atoms with Gasteiger partial charge in [0.15, 0.2) is 0 Å². The molecule has 0 heterocycles. The second-order valence-electron chi connectivity index (χ2n) is 2.92. The molecule has 1 atom stereocenters. The van der Waals surface area contributed by atoms with Crippen molar-refractivity contribution < 1.29 is 0 Å². The molecular weight excluding hydrogens is 134 g/mol. The number of nitrogens with two attached hydrogens (primary N) is 1. The summed E-state index contributed by atoms with van der Waals surface area (Å²) in [6.45, 7) is 6.29. The molecule has 0 saturated heterocycles. The van der Waals surface area contributed by atoms with E-state index in [4.69, 9.17) is 5.73 Å². The van der Waals surface area contributed by atoms with Gasteiger partial charge >= 0.3 is 0 Å². The molecule has 0 aliphatic rings. The van der Waals surface area contributed by atoms with Crippen molar-refractivity contribution in [3.8, 4) is 11.8 Å². The van der Waals surface area contributed by atoms with Gasteiger partial charge in [-0.3, -0.25) is 0 Å². The van der Waals surface area contributed by atoms with Crippen LogP contribution in [0.25, 0.3) is 0 Å². The van der Waals surface area contributed by atoms with E-state index < -0.39 is 0 Å². The Morgan fingerprint density at radius 2 is 1.91 bits per heavy atom. The van der Waals surface area contributed by atoms with Gasteiger partial charge in [0.25, 0.3) is 0 Å². The zero-order valence-electron chi connectivity index (χ0n) is 7.91. The van der Waals surface area contributed by atoms with Crippen molar-refractivity contribution in [1.29, 1.82) is 0 Å². The minimum Gasteiger partial charge on any atom is -0.315 e. The van der Waals surface area contributed by atoms with Crippen LogP contribution in [0, 0.1) is 11.8 Å². The highest BCUT2D eigenvalue weighted by Crippen LogP contribution is 2.12. The Hall–Kier alpha value is -0.480. The van der Waals surface area contributed by atoms with E-state index >= 15 is 0 Å². The van der Waals surface area contributed by atoms with E-state index in [2.05, 4.69) is 32.6 Å². The molecule has 1 nitrogen and oxygen atoms in total. The van der Waals surface area contributed by atoms with Crippen molar-refractivity contribution in [2.24, 2.45) is 5.73 Å². The number of hydrogen-bond acceptors (Lipinski definition) is 1. The maximum absolute atomic E-state index is 6.02. The van der Waals surface area contributed by atoms with Crippen LogP contribution in [0.1, 0.15) is 46.5 Å². The summed E-state index contributed by atoms with van der Waals surface area (Å²) in [5, 5.41) is 0. The van der Waals surface area contributed by atoms with Crippen LogP contribution in [-0.4, -0.2) is 5.54 Å². The van der Waals surface area contributed by atoms with Crippen LogP contribution < -0.4 is 5.73 Å². The summed E-state index contributed by atoms with van der Waals surface area (Å²) in [6, 6.07) is 0. The van der Waals surface area contributed by atoms with Crippen molar-refractivity contribution in [1.82, 2.24) is 0 Å². The Balaban J connectivity index is 4.09. The lowest BCUT2D eigenvalue weighted by atomic mass is 9.93. The summed E-state index contributed by atoms with van der Waals surface area (Å²) >= 11 is 0. The molecule has 0 radical (unpaired) electrons. The SMILES string of the molecule is CCC#CC(N)(CC)CCC. The van der Waals surface area contributed by atoms with Gasteiger partial charge in [-0.1, -0.05) is 33.1 Å². The Labute approximate surface area is 70.4 Å². The van der Waals surface area contributed by atoms with Gasteiger partial charge in [-0.25, -0.2) is 0 Å². The largest absolute Gasteiger partial charge is 0.315 e. The first-order chi connectivity index (χ1) is 5.18. The molecule has 0 aromatic rings. The van der Waals surface area contributed by atoms with E-state index in [-0.39, 0.29) is 5.54 Å². The molecule has 0 aliphatic carbocycles. The molecule has 0 aromatic heterocycles. The highest BCUT2D eigenvalue weighted by molar-refractivity contribution is 5.15. The van der Waals surface area contributed by atoms with E-state index in [1.165, 1.54) is 0 Å². The Morgan fingerprint density at radius 3 is 2.27 bits per heavy atom. The molecule has 0 bridgehead atoms. The van der Waals surface area contributed by atoms with Gasteiger partial charge in [-0.2, -0.15) is 0 Å². The molecule has 1 heteroatoms. The minimum atomic E-state index is -0.217. The maximum atomic E-state index is 6.02.